The molecule has 4 bridgehead atoms. The summed E-state index contributed by atoms with van der Waals surface area (Å²) in [4.78, 5) is 62.5. The lowest BCUT2D eigenvalue weighted by atomic mass is 10.0. The van der Waals surface area contributed by atoms with E-state index in [4.69, 9.17) is 4.42 Å². The summed E-state index contributed by atoms with van der Waals surface area (Å²) in [6, 6.07) is 8.46. The van der Waals surface area contributed by atoms with E-state index in [1.54, 1.807) is 5.38 Å². The highest BCUT2D eigenvalue weighted by Crippen LogP contribution is 2.31. The molecule has 11 nitrogen and oxygen atoms in total. The summed E-state index contributed by atoms with van der Waals surface area (Å²) in [6.45, 7) is 4.09. The number of rotatable bonds is 4. The Kier molecular flexibility index (Phi) is 8.24. The molecular formula is C28H32N6O5S. The van der Waals surface area contributed by atoms with Crippen LogP contribution in [0.1, 0.15) is 76.2 Å². The minimum Gasteiger partial charge on any atom is -0.446 e. The fourth-order valence-electron chi connectivity index (χ4n) is 4.53. The van der Waals surface area contributed by atoms with E-state index in [0.717, 1.165) is 18.4 Å². The molecule has 2 aromatic heterocycles. The second-order valence-electron chi connectivity index (χ2n) is 10.4. The maximum absolute atomic E-state index is 13.3. The molecule has 0 spiro atoms. The van der Waals surface area contributed by atoms with Crippen molar-refractivity contribution in [3.63, 3.8) is 0 Å². The van der Waals surface area contributed by atoms with Crippen LogP contribution in [0.3, 0.4) is 0 Å². The largest absolute Gasteiger partial charge is 0.446 e. The summed E-state index contributed by atoms with van der Waals surface area (Å²) < 4.78 is 5.66. The Balaban J connectivity index is 1.45. The molecule has 210 valence electrons. The Morgan fingerprint density at radius 3 is 2.58 bits per heavy atom. The van der Waals surface area contributed by atoms with Gasteiger partial charge < -0.3 is 25.3 Å². The molecule has 12 heteroatoms. The highest BCUT2D eigenvalue weighted by Gasteiger charge is 2.35. The monoisotopic (exact) mass is 564 g/mol. The van der Waals surface area contributed by atoms with E-state index in [-0.39, 0.29) is 60.6 Å². The molecule has 1 saturated carbocycles. The Bertz CT molecular complexity index is 1380. The highest BCUT2D eigenvalue weighted by molar-refractivity contribution is 7.09. The molecule has 3 N–H and O–H groups in total. The summed E-state index contributed by atoms with van der Waals surface area (Å²) >= 11 is 1.29. The third-order valence-electron chi connectivity index (χ3n) is 6.88. The van der Waals surface area contributed by atoms with E-state index in [2.05, 4.69) is 25.9 Å². The van der Waals surface area contributed by atoms with Crippen molar-refractivity contribution in [1.29, 1.82) is 0 Å². The van der Waals surface area contributed by atoms with Crippen molar-refractivity contribution in [1.82, 2.24) is 30.8 Å². The number of hydrogen-bond acceptors (Lipinski definition) is 8. The normalized spacial score (nSPS) is 20.8. The second-order valence-corrected chi connectivity index (χ2v) is 11.3. The van der Waals surface area contributed by atoms with Gasteiger partial charge in [0.15, 0.2) is 5.69 Å². The van der Waals surface area contributed by atoms with Crippen LogP contribution in [0, 0.1) is 11.8 Å². The van der Waals surface area contributed by atoms with Crippen molar-refractivity contribution in [3.8, 4) is 0 Å². The zero-order valence-corrected chi connectivity index (χ0v) is 23.2. The van der Waals surface area contributed by atoms with Crippen LogP contribution in [0.4, 0.5) is 0 Å². The van der Waals surface area contributed by atoms with Crippen molar-refractivity contribution in [3.05, 3.63) is 69.8 Å². The van der Waals surface area contributed by atoms with Crippen molar-refractivity contribution < 1.29 is 23.6 Å². The number of carbonyl (C=O) groups excluding carboxylic acids is 4. The van der Waals surface area contributed by atoms with Gasteiger partial charge in [-0.05, 0) is 24.3 Å². The zero-order valence-electron chi connectivity index (χ0n) is 22.4. The molecule has 0 saturated heterocycles. The predicted octanol–water partition coefficient (Wildman–Crippen LogP) is 2.64. The number of oxazole rings is 1. The second kappa shape index (κ2) is 12.0. The predicted molar refractivity (Wildman–Crippen MR) is 146 cm³/mol. The molecular weight excluding hydrogens is 532 g/mol. The van der Waals surface area contributed by atoms with Crippen LogP contribution >= 0.6 is 11.3 Å². The van der Waals surface area contributed by atoms with Crippen molar-refractivity contribution in [2.75, 3.05) is 19.6 Å². The molecule has 1 aliphatic carbocycles. The fourth-order valence-corrected chi connectivity index (χ4v) is 5.55. The molecule has 2 atom stereocenters. The molecule has 3 heterocycles. The number of nitrogens with zero attached hydrogens (tertiary/aromatic N) is 3. The van der Waals surface area contributed by atoms with E-state index in [1.807, 2.05) is 44.2 Å². The number of hydrogen-bond donors (Lipinski definition) is 3. The molecule has 5 rings (SSSR count). The average molecular weight is 565 g/mol. The summed E-state index contributed by atoms with van der Waals surface area (Å²) in [5.41, 5.74) is 1.20. The van der Waals surface area contributed by atoms with E-state index >= 15 is 0 Å². The smallest absolute Gasteiger partial charge is 0.273 e. The van der Waals surface area contributed by atoms with Crippen LogP contribution in [0.2, 0.25) is 0 Å². The molecule has 1 aliphatic heterocycles. The number of amides is 4. The summed E-state index contributed by atoms with van der Waals surface area (Å²) in [5.74, 6) is -1.23. The number of nitrogens with one attached hydrogen (secondary N) is 3. The lowest BCUT2D eigenvalue weighted by Gasteiger charge is -2.25. The van der Waals surface area contributed by atoms with Gasteiger partial charge in [-0.25, -0.2) is 9.97 Å². The number of benzene rings is 1. The van der Waals surface area contributed by atoms with Gasteiger partial charge in [0, 0.05) is 30.8 Å². The molecule has 3 aromatic rings. The molecule has 4 amide bonds. The standard InChI is InChI=1S/C28H32N6O5S/c1-16(2)23-27-32-21(15-40-27)25(37)30-19(12-17-6-4-3-5-7-17)26-31-20(14-39-26)24(36)29-10-11-34(13-22(35)33-23)28(38)18-8-9-18/h3-7,14-16,18-19,23H,8-13H2,1-2H3,(H,29,36)(H,30,37)(H,33,35)/t19-,23-/m0/s1. The van der Waals surface area contributed by atoms with E-state index in [1.165, 1.54) is 22.5 Å². The lowest BCUT2D eigenvalue weighted by Crippen LogP contribution is -2.46. The van der Waals surface area contributed by atoms with Gasteiger partial charge in [0.25, 0.3) is 11.8 Å². The molecule has 0 unspecified atom stereocenters. The van der Waals surface area contributed by atoms with Crippen molar-refractivity contribution in [2.45, 2.75) is 45.2 Å². The van der Waals surface area contributed by atoms with Crippen LogP contribution in [-0.4, -0.2) is 58.1 Å². The van der Waals surface area contributed by atoms with E-state index in [9.17, 15) is 19.2 Å². The first-order chi connectivity index (χ1) is 19.3. The molecule has 2 aliphatic rings. The van der Waals surface area contributed by atoms with Gasteiger partial charge in [-0.1, -0.05) is 44.2 Å². The Hall–Kier alpha value is -4.06. The van der Waals surface area contributed by atoms with Gasteiger partial charge in [0.1, 0.15) is 23.0 Å². The van der Waals surface area contributed by atoms with Crippen molar-refractivity contribution >= 4 is 35.0 Å². The van der Waals surface area contributed by atoms with Gasteiger partial charge >= 0.3 is 0 Å². The van der Waals surface area contributed by atoms with Gasteiger partial charge in [0.05, 0.1) is 12.6 Å². The molecule has 1 aromatic carbocycles. The summed E-state index contributed by atoms with van der Waals surface area (Å²) in [6.07, 6.45) is 3.23. The Morgan fingerprint density at radius 1 is 1.07 bits per heavy atom. The number of carbonyl (C=O) groups is 4. The van der Waals surface area contributed by atoms with E-state index < -0.39 is 23.9 Å². The maximum Gasteiger partial charge on any atom is 0.273 e. The first-order valence-corrected chi connectivity index (χ1v) is 14.3. The summed E-state index contributed by atoms with van der Waals surface area (Å²) in [7, 11) is 0. The third-order valence-corrected chi connectivity index (χ3v) is 7.81. The van der Waals surface area contributed by atoms with Crippen LogP contribution in [0.25, 0.3) is 0 Å². The van der Waals surface area contributed by atoms with E-state index in [0.29, 0.717) is 11.4 Å². The first kappa shape index (κ1) is 27.5. The fraction of sp³-hybridized carbons (Fsp3) is 0.429. The molecule has 1 fully saturated rings. The van der Waals surface area contributed by atoms with Crippen LogP contribution < -0.4 is 16.0 Å². The maximum atomic E-state index is 13.3. The highest BCUT2D eigenvalue weighted by atomic mass is 32.1. The first-order valence-electron chi connectivity index (χ1n) is 13.4. The number of thiazole rings is 1. The molecule has 40 heavy (non-hydrogen) atoms. The Morgan fingerprint density at radius 2 is 1.85 bits per heavy atom. The lowest BCUT2D eigenvalue weighted by molar-refractivity contribution is -0.137. The summed E-state index contributed by atoms with van der Waals surface area (Å²) in [5, 5.41) is 11.0. The minimum atomic E-state index is -0.660. The van der Waals surface area contributed by atoms with Crippen molar-refractivity contribution in [2.24, 2.45) is 11.8 Å². The molecule has 0 radical (unpaired) electrons. The topological polar surface area (TPSA) is 147 Å². The van der Waals surface area contributed by atoms with Gasteiger partial charge in [-0.3, -0.25) is 19.2 Å². The number of fused-ring (bicyclic) bond motifs is 4. The van der Waals surface area contributed by atoms with Gasteiger partial charge in [-0.15, -0.1) is 11.3 Å². The Labute approximate surface area is 235 Å². The van der Waals surface area contributed by atoms with Crippen LogP contribution in [0.15, 0.2) is 46.4 Å². The quantitative estimate of drug-likeness (QED) is 0.441. The zero-order chi connectivity index (χ0) is 28.2. The average Bonchev–Trinajstić information content (AvgIpc) is 3.45. The van der Waals surface area contributed by atoms with Crippen LogP contribution in [-0.2, 0) is 16.0 Å². The van der Waals surface area contributed by atoms with Crippen LogP contribution in [0.5, 0.6) is 0 Å². The third kappa shape index (κ3) is 6.56. The minimum absolute atomic E-state index is 0.0138. The van der Waals surface area contributed by atoms with Gasteiger partial charge in [0.2, 0.25) is 17.7 Å². The van der Waals surface area contributed by atoms with Gasteiger partial charge in [-0.2, -0.15) is 0 Å². The SMILES string of the molecule is CC(C)[C@@H]1NC(=O)CN(C(=O)C2CC2)CCNC(=O)c2coc(n2)[C@H](Cc2ccccc2)NC(=O)c2csc1n2. The number of aromatic nitrogens is 2.